The number of H-pyrrole nitrogens is 1. The number of nitrogens with one attached hydrogen (secondary N) is 1. The Morgan fingerprint density at radius 3 is 2.54 bits per heavy atom. The zero-order chi connectivity index (χ0) is 20.5. The molecule has 0 spiro atoms. The van der Waals surface area contributed by atoms with Crippen LogP contribution >= 0.6 is 11.6 Å². The number of carbonyl (C=O) groups excluding carboxylic acids is 1. The van der Waals surface area contributed by atoms with E-state index in [1.807, 2.05) is 0 Å². The normalized spacial score (nSPS) is 11.6. The number of aromatic nitrogens is 1. The van der Waals surface area contributed by atoms with Crippen LogP contribution in [0, 0.1) is 0 Å². The number of aromatic amines is 1. The molecule has 0 aliphatic carbocycles. The van der Waals surface area contributed by atoms with E-state index in [-0.39, 0.29) is 23.0 Å². The summed E-state index contributed by atoms with van der Waals surface area (Å²) in [7, 11) is 0. The molecule has 0 saturated carbocycles. The molecular formula is C20H16ClF3N2O2. The van der Waals surface area contributed by atoms with Gasteiger partial charge in [-0.05, 0) is 36.8 Å². The molecule has 0 aliphatic rings. The van der Waals surface area contributed by atoms with Gasteiger partial charge < -0.3 is 9.88 Å². The molecule has 0 atom stereocenters. The first-order chi connectivity index (χ1) is 13.2. The van der Waals surface area contributed by atoms with Crippen LogP contribution in [0.2, 0.25) is 5.02 Å². The Morgan fingerprint density at radius 1 is 1.18 bits per heavy atom. The number of halogens is 4. The highest BCUT2D eigenvalue weighted by Crippen LogP contribution is 2.30. The van der Waals surface area contributed by atoms with Gasteiger partial charge in [0, 0.05) is 35.2 Å². The molecule has 28 heavy (non-hydrogen) atoms. The fourth-order valence-corrected chi connectivity index (χ4v) is 3.08. The quantitative estimate of drug-likeness (QED) is 0.670. The number of hydrogen-bond acceptors (Lipinski definition) is 2. The van der Waals surface area contributed by atoms with Crippen LogP contribution in [-0.2, 0) is 12.7 Å². The summed E-state index contributed by atoms with van der Waals surface area (Å²) in [6, 6.07) is 9.81. The molecule has 0 aliphatic heterocycles. The molecule has 3 rings (SSSR count). The van der Waals surface area contributed by atoms with Crippen molar-refractivity contribution < 1.29 is 18.0 Å². The third-order valence-electron chi connectivity index (χ3n) is 4.43. The first-order valence-electron chi connectivity index (χ1n) is 8.47. The number of benzene rings is 2. The number of rotatable bonds is 4. The Hall–Kier alpha value is -2.80. The van der Waals surface area contributed by atoms with Crippen molar-refractivity contribution in [1.82, 2.24) is 9.88 Å². The average molecular weight is 409 g/mol. The van der Waals surface area contributed by atoms with Gasteiger partial charge >= 0.3 is 6.18 Å². The highest BCUT2D eigenvalue weighted by atomic mass is 35.5. The van der Waals surface area contributed by atoms with Gasteiger partial charge in [-0.15, -0.1) is 0 Å². The van der Waals surface area contributed by atoms with Crippen LogP contribution in [0.1, 0.15) is 28.4 Å². The van der Waals surface area contributed by atoms with E-state index in [0.29, 0.717) is 17.1 Å². The number of nitrogens with zero attached hydrogens (tertiary/aromatic N) is 1. The molecule has 4 nitrogen and oxygen atoms in total. The molecule has 1 N–H and O–H groups in total. The van der Waals surface area contributed by atoms with E-state index in [4.69, 9.17) is 11.6 Å². The van der Waals surface area contributed by atoms with Crippen LogP contribution in [0.15, 0.2) is 53.5 Å². The van der Waals surface area contributed by atoms with Crippen LogP contribution in [0.25, 0.3) is 10.9 Å². The summed E-state index contributed by atoms with van der Waals surface area (Å²) in [5.41, 5.74) is -0.985. The monoisotopic (exact) mass is 408 g/mol. The Labute approximate surface area is 163 Å². The van der Waals surface area contributed by atoms with Gasteiger partial charge in [0.1, 0.15) is 5.56 Å². The molecule has 0 fully saturated rings. The van der Waals surface area contributed by atoms with Gasteiger partial charge in [-0.3, -0.25) is 9.59 Å². The lowest BCUT2D eigenvalue weighted by molar-refractivity contribution is -0.137. The van der Waals surface area contributed by atoms with E-state index in [9.17, 15) is 22.8 Å². The number of fused-ring (bicyclic) bond motifs is 1. The molecule has 2 aromatic carbocycles. The fourth-order valence-electron chi connectivity index (χ4n) is 2.88. The minimum Gasteiger partial charge on any atom is -0.360 e. The van der Waals surface area contributed by atoms with E-state index in [1.165, 1.54) is 17.2 Å². The van der Waals surface area contributed by atoms with E-state index in [0.717, 1.165) is 12.1 Å². The second-order valence-electron chi connectivity index (χ2n) is 6.20. The summed E-state index contributed by atoms with van der Waals surface area (Å²) >= 11 is 6.13. The van der Waals surface area contributed by atoms with Crippen molar-refractivity contribution in [3.05, 3.63) is 80.6 Å². The molecule has 1 aromatic heterocycles. The predicted octanol–water partition coefficient (Wildman–Crippen LogP) is 4.86. The Bertz CT molecular complexity index is 1090. The fraction of sp³-hybridized carbons (Fsp3) is 0.200. The zero-order valence-corrected chi connectivity index (χ0v) is 15.6. The lowest BCUT2D eigenvalue weighted by Crippen LogP contribution is -2.34. The first-order valence-corrected chi connectivity index (χ1v) is 8.85. The van der Waals surface area contributed by atoms with Crippen molar-refractivity contribution in [3.8, 4) is 0 Å². The summed E-state index contributed by atoms with van der Waals surface area (Å²) in [5, 5.41) is 0.297. The number of amides is 1. The summed E-state index contributed by atoms with van der Waals surface area (Å²) in [6.07, 6.45) is -3.35. The van der Waals surface area contributed by atoms with Crippen LogP contribution in [0.4, 0.5) is 13.2 Å². The summed E-state index contributed by atoms with van der Waals surface area (Å²) < 4.78 is 38.9. The SMILES string of the molecule is CCN(Cc1ccccc1Cl)C(=O)c1c[nH]c2ccc(C(F)(F)F)cc2c1=O. The lowest BCUT2D eigenvalue weighted by Gasteiger charge is -2.21. The Kier molecular flexibility index (Phi) is 5.47. The smallest absolute Gasteiger partial charge is 0.360 e. The number of carbonyl (C=O) groups is 1. The third-order valence-corrected chi connectivity index (χ3v) is 4.80. The number of pyridine rings is 1. The van der Waals surface area contributed by atoms with Crippen LogP contribution in [0.3, 0.4) is 0 Å². The van der Waals surface area contributed by atoms with Crippen LogP contribution in [-0.4, -0.2) is 22.3 Å². The minimum absolute atomic E-state index is 0.176. The van der Waals surface area contributed by atoms with Crippen molar-refractivity contribution in [3.63, 3.8) is 0 Å². The molecular weight excluding hydrogens is 393 g/mol. The summed E-state index contributed by atoms with van der Waals surface area (Å²) in [6.45, 7) is 2.21. The van der Waals surface area contributed by atoms with Gasteiger partial charge in [-0.2, -0.15) is 13.2 Å². The maximum absolute atomic E-state index is 13.0. The van der Waals surface area contributed by atoms with Gasteiger partial charge in [0.05, 0.1) is 5.56 Å². The highest BCUT2D eigenvalue weighted by Gasteiger charge is 2.31. The minimum atomic E-state index is -4.58. The maximum atomic E-state index is 13.0. The Balaban J connectivity index is 2.01. The summed E-state index contributed by atoms with van der Waals surface area (Å²) in [5.74, 6) is -0.581. The molecule has 0 unspecified atom stereocenters. The van der Waals surface area contributed by atoms with E-state index in [1.54, 1.807) is 31.2 Å². The molecule has 8 heteroatoms. The van der Waals surface area contributed by atoms with Crippen LogP contribution in [0.5, 0.6) is 0 Å². The van der Waals surface area contributed by atoms with E-state index >= 15 is 0 Å². The molecule has 0 saturated heterocycles. The van der Waals surface area contributed by atoms with Gasteiger partial charge in [0.2, 0.25) is 5.43 Å². The van der Waals surface area contributed by atoms with Crippen molar-refractivity contribution >= 4 is 28.4 Å². The predicted molar refractivity (Wildman–Crippen MR) is 101 cm³/mol. The van der Waals surface area contributed by atoms with Gasteiger partial charge in [-0.1, -0.05) is 29.8 Å². The average Bonchev–Trinajstić information content (AvgIpc) is 2.66. The topological polar surface area (TPSA) is 53.2 Å². The molecule has 146 valence electrons. The third kappa shape index (κ3) is 3.89. The molecule has 0 bridgehead atoms. The van der Waals surface area contributed by atoms with Crippen molar-refractivity contribution in [2.24, 2.45) is 0 Å². The lowest BCUT2D eigenvalue weighted by atomic mass is 10.1. The molecule has 1 heterocycles. The maximum Gasteiger partial charge on any atom is 0.416 e. The summed E-state index contributed by atoms with van der Waals surface area (Å²) in [4.78, 5) is 29.7. The second-order valence-corrected chi connectivity index (χ2v) is 6.61. The molecule has 0 radical (unpaired) electrons. The largest absolute Gasteiger partial charge is 0.416 e. The van der Waals surface area contributed by atoms with Crippen LogP contribution < -0.4 is 5.43 Å². The van der Waals surface area contributed by atoms with Gasteiger partial charge in [-0.25, -0.2) is 0 Å². The highest BCUT2D eigenvalue weighted by molar-refractivity contribution is 6.31. The van der Waals surface area contributed by atoms with Gasteiger partial charge in [0.25, 0.3) is 5.91 Å². The van der Waals surface area contributed by atoms with E-state index < -0.39 is 23.1 Å². The molecule has 3 aromatic rings. The number of alkyl halides is 3. The van der Waals surface area contributed by atoms with Gasteiger partial charge in [0.15, 0.2) is 0 Å². The standard InChI is InChI=1S/C20H16ClF3N2O2/c1-2-26(11-12-5-3-4-6-16(12)21)19(28)15-10-25-17-8-7-13(20(22,23)24)9-14(17)18(15)27/h3-10H,2,11H2,1H3,(H,25,27). The van der Waals surface area contributed by atoms with E-state index in [2.05, 4.69) is 4.98 Å². The zero-order valence-electron chi connectivity index (χ0n) is 14.8. The van der Waals surface area contributed by atoms with Crippen molar-refractivity contribution in [2.45, 2.75) is 19.6 Å². The molecule has 1 amide bonds. The Morgan fingerprint density at radius 2 is 1.89 bits per heavy atom. The van der Waals surface area contributed by atoms with Crippen molar-refractivity contribution in [2.75, 3.05) is 6.54 Å². The van der Waals surface area contributed by atoms with Crippen molar-refractivity contribution in [1.29, 1.82) is 0 Å². The number of hydrogen-bond donors (Lipinski definition) is 1. The second kappa shape index (κ2) is 7.67. The first kappa shape index (κ1) is 19.9.